The molecule has 2 amide bonds. The molecule has 1 unspecified atom stereocenters. The lowest BCUT2D eigenvalue weighted by Crippen LogP contribution is -2.33. The van der Waals surface area contributed by atoms with Crippen LogP contribution in [0.5, 0.6) is 0 Å². The second-order valence-corrected chi connectivity index (χ2v) is 9.69. The molecule has 0 saturated carbocycles. The fraction of sp³-hybridized carbons (Fsp3) is 0.241. The Kier molecular flexibility index (Phi) is 7.16. The van der Waals surface area contributed by atoms with Crippen molar-refractivity contribution < 1.29 is 14.0 Å². The molecule has 1 fully saturated rings. The van der Waals surface area contributed by atoms with Crippen LogP contribution in [0, 0.1) is 11.7 Å². The molecule has 36 heavy (non-hydrogen) atoms. The Morgan fingerprint density at radius 2 is 1.69 bits per heavy atom. The van der Waals surface area contributed by atoms with E-state index >= 15 is 0 Å². The molecule has 1 saturated heterocycles. The van der Waals surface area contributed by atoms with Crippen LogP contribution in [-0.2, 0) is 0 Å². The zero-order valence-electron chi connectivity index (χ0n) is 19.7. The van der Waals surface area contributed by atoms with Crippen molar-refractivity contribution in [3.05, 3.63) is 118 Å². The van der Waals surface area contributed by atoms with Crippen LogP contribution in [0.1, 0.15) is 38.7 Å². The van der Waals surface area contributed by atoms with Gasteiger partial charge in [0.1, 0.15) is 5.82 Å². The van der Waals surface area contributed by atoms with Gasteiger partial charge in [0.05, 0.1) is 16.6 Å². The van der Waals surface area contributed by atoms with Crippen molar-refractivity contribution in [1.82, 2.24) is 15.1 Å². The van der Waals surface area contributed by atoms with Gasteiger partial charge in [-0.05, 0) is 41.8 Å². The third-order valence-electron chi connectivity index (χ3n) is 6.86. The third-order valence-corrected chi connectivity index (χ3v) is 7.18. The molecular formula is C29H27ClFN3O2. The Balaban J connectivity index is 1.22. The normalized spacial score (nSPS) is 18.0. The number of carbonyl (C=O) groups excluding carboxylic acids is 2. The van der Waals surface area contributed by atoms with Crippen LogP contribution in [0.25, 0.3) is 0 Å². The van der Waals surface area contributed by atoms with Crippen molar-refractivity contribution in [2.24, 2.45) is 5.92 Å². The van der Waals surface area contributed by atoms with Crippen molar-refractivity contribution in [2.45, 2.75) is 12.5 Å². The average molecular weight is 504 g/mol. The lowest BCUT2D eigenvalue weighted by molar-refractivity contribution is 0.0816. The number of nitrogens with zero attached hydrogens (tertiary/aromatic N) is 2. The summed E-state index contributed by atoms with van der Waals surface area (Å²) >= 11 is 6.10. The highest BCUT2D eigenvalue weighted by molar-refractivity contribution is 6.33. The highest BCUT2D eigenvalue weighted by Crippen LogP contribution is 2.32. The lowest BCUT2D eigenvalue weighted by atomic mass is 10.0. The largest absolute Gasteiger partial charge is 0.345 e. The number of halogens is 2. The second-order valence-electron chi connectivity index (χ2n) is 9.28. The summed E-state index contributed by atoms with van der Waals surface area (Å²) in [6.07, 6.45) is 2.61. The first-order valence-electron chi connectivity index (χ1n) is 12.1. The van der Waals surface area contributed by atoms with E-state index in [1.54, 1.807) is 4.90 Å². The summed E-state index contributed by atoms with van der Waals surface area (Å²) in [4.78, 5) is 29.7. The summed E-state index contributed by atoms with van der Waals surface area (Å²) in [6.45, 7) is 2.88. The monoisotopic (exact) mass is 503 g/mol. The maximum absolute atomic E-state index is 14.2. The predicted molar refractivity (Wildman–Crippen MR) is 138 cm³/mol. The molecule has 2 aliphatic rings. The Hall–Kier alpha value is -3.48. The maximum Gasteiger partial charge on any atom is 0.262 e. The van der Waals surface area contributed by atoms with Gasteiger partial charge in [-0.15, -0.1) is 0 Å². The van der Waals surface area contributed by atoms with Crippen LogP contribution < -0.4 is 5.32 Å². The van der Waals surface area contributed by atoms with Gasteiger partial charge in [-0.1, -0.05) is 66.2 Å². The van der Waals surface area contributed by atoms with E-state index in [2.05, 4.69) is 10.2 Å². The van der Waals surface area contributed by atoms with Gasteiger partial charge >= 0.3 is 0 Å². The van der Waals surface area contributed by atoms with Crippen molar-refractivity contribution in [1.29, 1.82) is 0 Å². The quantitative estimate of drug-likeness (QED) is 0.475. The minimum Gasteiger partial charge on any atom is -0.345 e. The van der Waals surface area contributed by atoms with E-state index in [1.807, 2.05) is 66.9 Å². The molecule has 2 atom stereocenters. The van der Waals surface area contributed by atoms with E-state index in [0.717, 1.165) is 31.6 Å². The number of amides is 2. The van der Waals surface area contributed by atoms with Gasteiger partial charge in [-0.3, -0.25) is 14.5 Å². The maximum atomic E-state index is 14.2. The van der Waals surface area contributed by atoms with E-state index in [1.165, 1.54) is 23.8 Å². The molecule has 0 aromatic heterocycles. The topological polar surface area (TPSA) is 52.7 Å². The number of carbonyl (C=O) groups is 2. The first-order chi connectivity index (χ1) is 17.5. The molecule has 3 aromatic rings. The average Bonchev–Trinajstić information content (AvgIpc) is 3.46. The summed E-state index contributed by atoms with van der Waals surface area (Å²) in [6, 6.07) is 23.4. The molecule has 2 heterocycles. The first-order valence-corrected chi connectivity index (χ1v) is 12.5. The Bertz CT molecular complexity index is 1260. The van der Waals surface area contributed by atoms with E-state index in [-0.39, 0.29) is 28.5 Å². The van der Waals surface area contributed by atoms with E-state index < -0.39 is 11.7 Å². The van der Waals surface area contributed by atoms with Gasteiger partial charge in [-0.2, -0.15) is 0 Å². The number of nitrogens with one attached hydrogen (secondary N) is 1. The van der Waals surface area contributed by atoms with Gasteiger partial charge in [0.2, 0.25) is 0 Å². The minimum atomic E-state index is -0.603. The van der Waals surface area contributed by atoms with Gasteiger partial charge < -0.3 is 10.2 Å². The van der Waals surface area contributed by atoms with Gasteiger partial charge in [0, 0.05) is 43.9 Å². The van der Waals surface area contributed by atoms with E-state index in [4.69, 9.17) is 11.6 Å². The summed E-state index contributed by atoms with van der Waals surface area (Å²) in [5.41, 5.74) is 2.80. The molecule has 184 valence electrons. The number of likely N-dealkylation sites (tertiary alicyclic amines) is 1. The number of benzene rings is 3. The van der Waals surface area contributed by atoms with Crippen molar-refractivity contribution >= 4 is 23.4 Å². The molecule has 5 rings (SSSR count). The fourth-order valence-corrected chi connectivity index (χ4v) is 5.24. The zero-order valence-corrected chi connectivity index (χ0v) is 20.5. The van der Waals surface area contributed by atoms with Crippen LogP contribution in [0.4, 0.5) is 4.39 Å². The zero-order chi connectivity index (χ0) is 25.1. The number of fused-ring (bicyclic) bond motifs is 1. The Morgan fingerprint density at radius 3 is 2.39 bits per heavy atom. The molecule has 7 heteroatoms. The molecule has 0 bridgehead atoms. The third kappa shape index (κ3) is 5.20. The van der Waals surface area contributed by atoms with Gasteiger partial charge in [0.15, 0.2) is 0 Å². The van der Waals surface area contributed by atoms with Crippen LogP contribution in [0.3, 0.4) is 0 Å². The second kappa shape index (κ2) is 10.6. The summed E-state index contributed by atoms with van der Waals surface area (Å²) < 4.78 is 14.2. The molecule has 0 radical (unpaired) electrons. The van der Waals surface area contributed by atoms with Crippen molar-refractivity contribution in [2.75, 3.05) is 26.2 Å². The van der Waals surface area contributed by atoms with Crippen molar-refractivity contribution in [3.63, 3.8) is 0 Å². The molecule has 0 aliphatic carbocycles. The van der Waals surface area contributed by atoms with Crippen LogP contribution >= 0.6 is 11.6 Å². The number of hydrogen-bond donors (Lipinski definition) is 1. The molecule has 0 spiro atoms. The Labute approximate surface area is 215 Å². The SMILES string of the molecule is O=C(N[C@@H](CCN1CC2=CN(C(=O)c3c(F)cccc3Cl)CC2C1)c1ccccc1)c1ccccc1. The van der Waals surface area contributed by atoms with Gasteiger partial charge in [-0.25, -0.2) is 4.39 Å². The van der Waals surface area contributed by atoms with E-state index in [0.29, 0.717) is 12.1 Å². The summed E-state index contributed by atoms with van der Waals surface area (Å²) in [5, 5.41) is 3.32. The smallest absolute Gasteiger partial charge is 0.262 e. The summed E-state index contributed by atoms with van der Waals surface area (Å²) in [7, 11) is 0. The summed E-state index contributed by atoms with van der Waals surface area (Å²) in [5.74, 6) is -0.881. The standard InChI is InChI=1S/C29H27ClFN3O2/c30-24-12-7-13-25(31)27(24)29(36)34-18-22-16-33(17-23(22)19-34)15-14-26(20-8-3-1-4-9-20)32-28(35)21-10-5-2-6-11-21/h1-13,18,23,26H,14-17,19H2,(H,32,35)/t23?,26-/m0/s1. The van der Waals surface area contributed by atoms with Gasteiger partial charge in [0.25, 0.3) is 11.8 Å². The molecule has 3 aromatic carbocycles. The fourth-order valence-electron chi connectivity index (χ4n) is 5.00. The van der Waals surface area contributed by atoms with Crippen LogP contribution in [-0.4, -0.2) is 47.8 Å². The highest BCUT2D eigenvalue weighted by Gasteiger charge is 2.36. The van der Waals surface area contributed by atoms with Crippen LogP contribution in [0.2, 0.25) is 5.02 Å². The number of rotatable bonds is 7. The van der Waals surface area contributed by atoms with Crippen molar-refractivity contribution in [3.8, 4) is 0 Å². The minimum absolute atomic E-state index is 0.0762. The molecular weight excluding hydrogens is 477 g/mol. The predicted octanol–water partition coefficient (Wildman–Crippen LogP) is 5.31. The molecule has 5 nitrogen and oxygen atoms in total. The number of hydrogen-bond acceptors (Lipinski definition) is 3. The lowest BCUT2D eigenvalue weighted by Gasteiger charge is -2.24. The highest BCUT2D eigenvalue weighted by atomic mass is 35.5. The first kappa shape index (κ1) is 24.2. The Morgan fingerprint density at radius 1 is 0.972 bits per heavy atom. The molecule has 1 N–H and O–H groups in total. The van der Waals surface area contributed by atoms with E-state index in [9.17, 15) is 14.0 Å². The molecule has 2 aliphatic heterocycles. The van der Waals surface area contributed by atoms with Crippen LogP contribution in [0.15, 0.2) is 90.6 Å².